The van der Waals surface area contributed by atoms with Gasteiger partial charge in [0, 0.05) is 18.0 Å². The Labute approximate surface area is 120 Å². The van der Waals surface area contributed by atoms with Gasteiger partial charge in [0.25, 0.3) is 5.91 Å². The SMILES string of the molecule is CCc1ccc2nc(NC(=O)c3ccncc3)sc2c1. The van der Waals surface area contributed by atoms with Crippen molar-refractivity contribution >= 4 is 32.6 Å². The third-order valence-electron chi connectivity index (χ3n) is 3.02. The van der Waals surface area contributed by atoms with Crippen molar-refractivity contribution in [2.24, 2.45) is 0 Å². The van der Waals surface area contributed by atoms with Gasteiger partial charge in [0.2, 0.25) is 0 Å². The lowest BCUT2D eigenvalue weighted by molar-refractivity contribution is 0.102. The van der Waals surface area contributed by atoms with E-state index in [0.717, 1.165) is 16.6 Å². The Kier molecular flexibility index (Phi) is 3.43. The highest BCUT2D eigenvalue weighted by Crippen LogP contribution is 2.27. The summed E-state index contributed by atoms with van der Waals surface area (Å²) in [6, 6.07) is 9.54. The monoisotopic (exact) mass is 283 g/mol. The molecule has 3 rings (SSSR count). The Hall–Kier alpha value is -2.27. The van der Waals surface area contributed by atoms with Crippen LogP contribution in [-0.4, -0.2) is 15.9 Å². The minimum Gasteiger partial charge on any atom is -0.298 e. The highest BCUT2D eigenvalue weighted by molar-refractivity contribution is 7.22. The second kappa shape index (κ2) is 5.38. The lowest BCUT2D eigenvalue weighted by atomic mass is 10.2. The lowest BCUT2D eigenvalue weighted by Gasteiger charge is -1.99. The number of rotatable bonds is 3. The fraction of sp³-hybridized carbons (Fsp3) is 0.133. The fourth-order valence-electron chi connectivity index (χ4n) is 1.91. The number of carbonyl (C=O) groups is 1. The Balaban J connectivity index is 1.86. The van der Waals surface area contributed by atoms with E-state index in [4.69, 9.17) is 0 Å². The number of nitrogens with zero attached hydrogens (tertiary/aromatic N) is 2. The third-order valence-corrected chi connectivity index (χ3v) is 3.96. The zero-order valence-electron chi connectivity index (χ0n) is 11.0. The molecule has 2 aromatic heterocycles. The van der Waals surface area contributed by atoms with Crippen LogP contribution in [0.25, 0.3) is 10.2 Å². The normalized spacial score (nSPS) is 10.7. The Morgan fingerprint density at radius 3 is 2.80 bits per heavy atom. The van der Waals surface area contributed by atoms with Crippen molar-refractivity contribution in [3.63, 3.8) is 0 Å². The highest BCUT2D eigenvalue weighted by Gasteiger charge is 2.09. The number of amides is 1. The zero-order valence-corrected chi connectivity index (χ0v) is 11.8. The maximum absolute atomic E-state index is 12.0. The van der Waals surface area contributed by atoms with Crippen molar-refractivity contribution in [3.05, 3.63) is 53.9 Å². The molecular weight excluding hydrogens is 270 g/mol. The number of aromatic nitrogens is 2. The molecule has 0 bridgehead atoms. The predicted octanol–water partition coefficient (Wildman–Crippen LogP) is 3.51. The van der Waals surface area contributed by atoms with Crippen LogP contribution >= 0.6 is 11.3 Å². The van der Waals surface area contributed by atoms with Crippen molar-refractivity contribution in [1.29, 1.82) is 0 Å². The first kappa shape index (κ1) is 12.7. The fourth-order valence-corrected chi connectivity index (χ4v) is 2.84. The van der Waals surface area contributed by atoms with Crippen molar-refractivity contribution in [2.75, 3.05) is 5.32 Å². The molecule has 1 amide bonds. The molecular formula is C15H13N3OS. The third kappa shape index (κ3) is 2.53. The van der Waals surface area contributed by atoms with Crippen LogP contribution < -0.4 is 5.32 Å². The molecule has 20 heavy (non-hydrogen) atoms. The summed E-state index contributed by atoms with van der Waals surface area (Å²) in [6.45, 7) is 2.12. The molecule has 0 saturated heterocycles. The second-order valence-electron chi connectivity index (χ2n) is 4.36. The maximum Gasteiger partial charge on any atom is 0.257 e. The molecule has 4 nitrogen and oxygen atoms in total. The minimum absolute atomic E-state index is 0.165. The van der Waals surface area contributed by atoms with E-state index in [9.17, 15) is 4.79 Å². The van der Waals surface area contributed by atoms with Gasteiger partial charge in [0.05, 0.1) is 10.2 Å². The largest absolute Gasteiger partial charge is 0.298 e. The molecule has 1 aromatic carbocycles. The van der Waals surface area contributed by atoms with Crippen LogP contribution in [0.4, 0.5) is 5.13 Å². The van der Waals surface area contributed by atoms with Crippen molar-refractivity contribution in [2.45, 2.75) is 13.3 Å². The maximum atomic E-state index is 12.0. The summed E-state index contributed by atoms with van der Waals surface area (Å²) in [5.74, 6) is -0.165. The molecule has 0 radical (unpaired) electrons. The standard InChI is InChI=1S/C15H13N3OS/c1-2-10-3-4-12-13(9-10)20-15(17-12)18-14(19)11-5-7-16-8-6-11/h3-9H,2H2,1H3,(H,17,18,19). The van der Waals surface area contributed by atoms with Gasteiger partial charge in [0.15, 0.2) is 5.13 Å². The van der Waals surface area contributed by atoms with Crippen LogP contribution in [0.3, 0.4) is 0 Å². The number of benzene rings is 1. The molecule has 0 aliphatic carbocycles. The van der Waals surface area contributed by atoms with E-state index < -0.39 is 0 Å². The molecule has 1 N–H and O–H groups in total. The van der Waals surface area contributed by atoms with Crippen molar-refractivity contribution in [3.8, 4) is 0 Å². The van der Waals surface area contributed by atoms with Crippen LogP contribution in [0.15, 0.2) is 42.7 Å². The van der Waals surface area contributed by atoms with E-state index in [0.29, 0.717) is 10.7 Å². The molecule has 2 heterocycles. The quantitative estimate of drug-likeness (QED) is 0.800. The number of anilines is 1. The first-order valence-corrected chi connectivity index (χ1v) is 7.19. The lowest BCUT2D eigenvalue weighted by Crippen LogP contribution is -2.11. The molecule has 0 unspecified atom stereocenters. The molecule has 0 spiro atoms. The number of nitrogens with one attached hydrogen (secondary N) is 1. The van der Waals surface area contributed by atoms with Crippen LogP contribution in [0.1, 0.15) is 22.8 Å². The summed E-state index contributed by atoms with van der Waals surface area (Å²) >= 11 is 1.49. The number of hydrogen-bond donors (Lipinski definition) is 1. The first-order chi connectivity index (χ1) is 9.76. The van der Waals surface area contributed by atoms with Gasteiger partial charge in [-0.1, -0.05) is 24.3 Å². The van der Waals surface area contributed by atoms with Gasteiger partial charge in [0.1, 0.15) is 0 Å². The Morgan fingerprint density at radius 1 is 1.25 bits per heavy atom. The number of hydrogen-bond acceptors (Lipinski definition) is 4. The smallest absolute Gasteiger partial charge is 0.257 e. The second-order valence-corrected chi connectivity index (χ2v) is 5.40. The topological polar surface area (TPSA) is 54.9 Å². The number of aryl methyl sites for hydroxylation is 1. The number of carbonyl (C=O) groups excluding carboxylic acids is 1. The van der Waals surface area contributed by atoms with Gasteiger partial charge < -0.3 is 0 Å². The summed E-state index contributed by atoms with van der Waals surface area (Å²) in [7, 11) is 0. The first-order valence-electron chi connectivity index (χ1n) is 6.37. The Bertz CT molecular complexity index is 752. The average Bonchev–Trinajstić information content (AvgIpc) is 2.89. The minimum atomic E-state index is -0.165. The summed E-state index contributed by atoms with van der Waals surface area (Å²) in [5.41, 5.74) is 2.76. The average molecular weight is 283 g/mol. The highest BCUT2D eigenvalue weighted by atomic mass is 32.1. The number of fused-ring (bicyclic) bond motifs is 1. The molecule has 100 valence electrons. The van der Waals surface area contributed by atoms with Crippen molar-refractivity contribution < 1.29 is 4.79 Å². The predicted molar refractivity (Wildman–Crippen MR) is 81.2 cm³/mol. The van der Waals surface area contributed by atoms with Gasteiger partial charge in [-0.25, -0.2) is 4.98 Å². The van der Waals surface area contributed by atoms with E-state index in [1.165, 1.54) is 16.9 Å². The van der Waals surface area contributed by atoms with Crippen LogP contribution in [0, 0.1) is 0 Å². The number of pyridine rings is 1. The van der Waals surface area contributed by atoms with Gasteiger partial charge in [-0.15, -0.1) is 0 Å². The van der Waals surface area contributed by atoms with Crippen LogP contribution in [-0.2, 0) is 6.42 Å². The molecule has 0 saturated carbocycles. The molecule has 0 aliphatic rings. The van der Waals surface area contributed by atoms with Gasteiger partial charge in [-0.2, -0.15) is 0 Å². The number of thiazole rings is 1. The van der Waals surface area contributed by atoms with E-state index in [2.05, 4.69) is 34.3 Å². The van der Waals surface area contributed by atoms with Gasteiger partial charge in [-0.05, 0) is 36.2 Å². The van der Waals surface area contributed by atoms with E-state index >= 15 is 0 Å². The summed E-state index contributed by atoms with van der Waals surface area (Å²) in [6.07, 6.45) is 4.19. The Morgan fingerprint density at radius 2 is 2.05 bits per heavy atom. The van der Waals surface area contributed by atoms with Gasteiger partial charge >= 0.3 is 0 Å². The zero-order chi connectivity index (χ0) is 13.9. The molecule has 0 aliphatic heterocycles. The van der Waals surface area contributed by atoms with E-state index in [1.807, 2.05) is 6.07 Å². The van der Waals surface area contributed by atoms with Crippen LogP contribution in [0.5, 0.6) is 0 Å². The van der Waals surface area contributed by atoms with Crippen LogP contribution in [0.2, 0.25) is 0 Å². The molecule has 3 aromatic rings. The summed E-state index contributed by atoms with van der Waals surface area (Å²) in [4.78, 5) is 20.4. The molecule has 0 fully saturated rings. The molecule has 5 heteroatoms. The molecule has 0 atom stereocenters. The van der Waals surface area contributed by atoms with E-state index in [1.54, 1.807) is 24.5 Å². The van der Waals surface area contributed by atoms with Gasteiger partial charge in [-0.3, -0.25) is 15.1 Å². The van der Waals surface area contributed by atoms with E-state index in [-0.39, 0.29) is 5.91 Å². The van der Waals surface area contributed by atoms with Crippen molar-refractivity contribution in [1.82, 2.24) is 9.97 Å². The summed E-state index contributed by atoms with van der Waals surface area (Å²) in [5, 5.41) is 3.45. The summed E-state index contributed by atoms with van der Waals surface area (Å²) < 4.78 is 1.09.